The van der Waals surface area contributed by atoms with Crippen molar-refractivity contribution in [3.05, 3.63) is 45.9 Å². The number of thioether (sulfide) groups is 2. The molecule has 9 heteroatoms. The largest absolute Gasteiger partial charge is 0.323 e. The van der Waals surface area contributed by atoms with Gasteiger partial charge in [0.05, 0.1) is 22.0 Å². The molecule has 3 rings (SSSR count). The van der Waals surface area contributed by atoms with Gasteiger partial charge in [-0.25, -0.2) is 13.8 Å². The summed E-state index contributed by atoms with van der Waals surface area (Å²) in [4.78, 5) is 29.9. The third-order valence-electron chi connectivity index (χ3n) is 3.82. The van der Waals surface area contributed by atoms with Gasteiger partial charge in [0.15, 0.2) is 5.16 Å². The summed E-state index contributed by atoms with van der Waals surface area (Å²) >= 11 is 2.65. The van der Waals surface area contributed by atoms with E-state index in [1.165, 1.54) is 17.8 Å². The summed E-state index contributed by atoms with van der Waals surface area (Å²) in [6.07, 6.45) is 0.723. The third-order valence-corrected chi connectivity index (χ3v) is 6.01. The molecule has 0 bridgehead atoms. The van der Waals surface area contributed by atoms with E-state index >= 15 is 0 Å². The molecule has 0 aliphatic carbocycles. The van der Waals surface area contributed by atoms with Crippen LogP contribution in [0.5, 0.6) is 0 Å². The summed E-state index contributed by atoms with van der Waals surface area (Å²) in [5.41, 5.74) is 0.598. The number of fused-ring (bicyclic) bond motifs is 1. The van der Waals surface area contributed by atoms with Crippen LogP contribution < -0.4 is 10.9 Å². The molecule has 0 radical (unpaired) electrons. The maximum absolute atomic E-state index is 13.6. The number of carbonyl (C=O) groups excluding carboxylic acids is 1. The highest BCUT2D eigenvalue weighted by Gasteiger charge is 2.26. The van der Waals surface area contributed by atoms with E-state index in [0.717, 1.165) is 29.9 Å². The minimum atomic E-state index is -0.838. The lowest BCUT2D eigenvalue weighted by molar-refractivity contribution is -0.113. The lowest BCUT2D eigenvalue weighted by atomic mass is 10.2. The van der Waals surface area contributed by atoms with Crippen molar-refractivity contribution in [1.29, 1.82) is 0 Å². The topological polar surface area (TPSA) is 64.0 Å². The molecule has 1 aliphatic rings. The van der Waals surface area contributed by atoms with Crippen LogP contribution in [-0.4, -0.2) is 26.5 Å². The van der Waals surface area contributed by atoms with Gasteiger partial charge in [-0.2, -0.15) is 0 Å². The number of aromatic nitrogens is 2. The number of nitrogens with zero attached hydrogens (tertiary/aromatic N) is 2. The van der Waals surface area contributed by atoms with E-state index in [1.807, 2.05) is 13.8 Å². The zero-order valence-electron chi connectivity index (χ0n) is 14.2. The maximum Gasteiger partial charge on any atom is 0.268 e. The average Bonchev–Trinajstić information content (AvgIpc) is 2.96. The quantitative estimate of drug-likeness (QED) is 0.620. The van der Waals surface area contributed by atoms with E-state index in [0.29, 0.717) is 27.9 Å². The van der Waals surface area contributed by atoms with E-state index in [-0.39, 0.29) is 17.0 Å². The van der Waals surface area contributed by atoms with Gasteiger partial charge < -0.3 is 5.32 Å². The van der Waals surface area contributed by atoms with E-state index in [2.05, 4.69) is 10.3 Å². The number of hydrogen-bond donors (Lipinski definition) is 1. The fourth-order valence-corrected chi connectivity index (χ4v) is 4.62. The molecule has 0 fully saturated rings. The van der Waals surface area contributed by atoms with Crippen molar-refractivity contribution in [3.63, 3.8) is 0 Å². The van der Waals surface area contributed by atoms with Gasteiger partial charge in [0.25, 0.3) is 5.56 Å². The normalized spacial score (nSPS) is 15.8. The summed E-state index contributed by atoms with van der Waals surface area (Å²) in [5, 5.41) is 3.18. The van der Waals surface area contributed by atoms with Crippen LogP contribution in [0.3, 0.4) is 0 Å². The summed E-state index contributed by atoms with van der Waals surface area (Å²) in [6.45, 7) is 4.33. The Morgan fingerprint density at radius 1 is 1.46 bits per heavy atom. The zero-order valence-corrected chi connectivity index (χ0v) is 15.8. The minimum absolute atomic E-state index is 0.0370. The zero-order chi connectivity index (χ0) is 18.8. The molecular weight excluding hydrogens is 380 g/mol. The van der Waals surface area contributed by atoms with Gasteiger partial charge in [0, 0.05) is 24.3 Å². The Kier molecular flexibility index (Phi) is 5.67. The molecular formula is C17H17F2N3O2S2. The molecule has 26 heavy (non-hydrogen) atoms. The van der Waals surface area contributed by atoms with Crippen molar-refractivity contribution in [3.8, 4) is 0 Å². The summed E-state index contributed by atoms with van der Waals surface area (Å²) < 4.78 is 28.1. The molecule has 5 nitrogen and oxygen atoms in total. The van der Waals surface area contributed by atoms with Crippen LogP contribution in [0.4, 0.5) is 14.5 Å². The van der Waals surface area contributed by atoms with Crippen molar-refractivity contribution in [2.45, 2.75) is 42.1 Å². The Morgan fingerprint density at radius 2 is 2.23 bits per heavy atom. The molecule has 138 valence electrons. The monoisotopic (exact) mass is 397 g/mol. The SMILES string of the molecule is CCn1c(SCC(=O)Nc2ccc(F)cc2F)nc2c(c1=O)S[C@H](C)C2. The molecule has 1 atom stereocenters. The van der Waals surface area contributed by atoms with Gasteiger partial charge in [-0.05, 0) is 19.1 Å². The number of carbonyl (C=O) groups is 1. The minimum Gasteiger partial charge on any atom is -0.323 e. The number of halogens is 2. The van der Waals surface area contributed by atoms with Gasteiger partial charge in [0.2, 0.25) is 5.91 Å². The van der Waals surface area contributed by atoms with Gasteiger partial charge in [-0.15, -0.1) is 11.8 Å². The Morgan fingerprint density at radius 3 is 2.92 bits per heavy atom. The number of benzene rings is 1. The highest BCUT2D eigenvalue weighted by atomic mass is 32.2. The Labute approximate surface area is 157 Å². The van der Waals surface area contributed by atoms with Crippen LogP contribution in [0, 0.1) is 11.6 Å². The average molecular weight is 397 g/mol. The van der Waals surface area contributed by atoms with Crippen LogP contribution in [0.25, 0.3) is 0 Å². The molecule has 0 unspecified atom stereocenters. The molecule has 1 aromatic carbocycles. The Bertz CT molecular complexity index is 918. The van der Waals surface area contributed by atoms with E-state index in [1.54, 1.807) is 4.57 Å². The summed E-state index contributed by atoms with van der Waals surface area (Å²) in [5.74, 6) is -2.04. The molecule has 2 heterocycles. The molecule has 2 aromatic rings. The first-order chi connectivity index (χ1) is 12.4. The number of rotatable bonds is 5. The van der Waals surface area contributed by atoms with Gasteiger partial charge in [-0.1, -0.05) is 18.7 Å². The summed E-state index contributed by atoms with van der Waals surface area (Å²) in [6, 6.07) is 2.95. The lowest BCUT2D eigenvalue weighted by Gasteiger charge is -2.12. The fourth-order valence-electron chi connectivity index (χ4n) is 2.63. The highest BCUT2D eigenvalue weighted by molar-refractivity contribution is 8.00. The Hall–Kier alpha value is -1.87. The first-order valence-electron chi connectivity index (χ1n) is 8.07. The number of anilines is 1. The molecule has 1 N–H and O–H groups in total. The predicted molar refractivity (Wildman–Crippen MR) is 98.9 cm³/mol. The standard InChI is InChI=1S/C17H17F2N3O2S2/c1-3-22-16(24)15-13(6-9(2)26-15)21-17(22)25-8-14(23)20-12-5-4-10(18)7-11(12)19/h4-5,7,9H,3,6,8H2,1-2H3,(H,20,23)/t9-/m1/s1. The van der Waals surface area contributed by atoms with Crippen molar-refractivity contribution in [2.24, 2.45) is 0 Å². The van der Waals surface area contributed by atoms with Crippen LogP contribution in [0.15, 0.2) is 33.0 Å². The highest BCUT2D eigenvalue weighted by Crippen LogP contribution is 2.34. The van der Waals surface area contributed by atoms with Crippen molar-refractivity contribution in [2.75, 3.05) is 11.1 Å². The van der Waals surface area contributed by atoms with Crippen LogP contribution in [0.2, 0.25) is 0 Å². The molecule has 1 aliphatic heterocycles. The third kappa shape index (κ3) is 3.93. The first-order valence-corrected chi connectivity index (χ1v) is 9.93. The maximum atomic E-state index is 13.6. The van der Waals surface area contributed by atoms with Gasteiger partial charge in [-0.3, -0.25) is 14.2 Å². The van der Waals surface area contributed by atoms with E-state index in [4.69, 9.17) is 0 Å². The van der Waals surface area contributed by atoms with Gasteiger partial charge in [0.1, 0.15) is 11.6 Å². The first kappa shape index (κ1) is 18.9. The molecule has 0 spiro atoms. The van der Waals surface area contributed by atoms with E-state index < -0.39 is 17.5 Å². The van der Waals surface area contributed by atoms with Crippen LogP contribution in [0.1, 0.15) is 19.5 Å². The van der Waals surface area contributed by atoms with E-state index in [9.17, 15) is 18.4 Å². The lowest BCUT2D eigenvalue weighted by Crippen LogP contribution is -2.25. The van der Waals surface area contributed by atoms with Gasteiger partial charge >= 0.3 is 0 Å². The number of nitrogens with one attached hydrogen (secondary N) is 1. The smallest absolute Gasteiger partial charge is 0.268 e. The number of amides is 1. The second-order valence-electron chi connectivity index (χ2n) is 5.81. The van der Waals surface area contributed by atoms with Crippen LogP contribution in [-0.2, 0) is 17.8 Å². The predicted octanol–water partition coefficient (Wildman–Crippen LogP) is 3.31. The number of hydrogen-bond acceptors (Lipinski definition) is 5. The summed E-state index contributed by atoms with van der Waals surface area (Å²) in [7, 11) is 0. The Balaban J connectivity index is 1.73. The second-order valence-corrected chi connectivity index (χ2v) is 8.20. The van der Waals surface area contributed by atoms with Crippen LogP contribution >= 0.6 is 23.5 Å². The van der Waals surface area contributed by atoms with Crippen molar-refractivity contribution in [1.82, 2.24) is 9.55 Å². The molecule has 0 saturated carbocycles. The fraction of sp³-hybridized carbons (Fsp3) is 0.353. The molecule has 1 aromatic heterocycles. The van der Waals surface area contributed by atoms with Crippen molar-refractivity contribution >= 4 is 35.1 Å². The second kappa shape index (κ2) is 7.79. The van der Waals surface area contributed by atoms with Crippen molar-refractivity contribution < 1.29 is 13.6 Å². The molecule has 0 saturated heterocycles. The molecule has 1 amide bonds.